The zero-order valence-corrected chi connectivity index (χ0v) is 19.3. The van der Waals surface area contributed by atoms with Crippen molar-refractivity contribution in [3.8, 4) is 11.5 Å². The number of ether oxygens (including phenoxy) is 1. The van der Waals surface area contributed by atoms with E-state index in [0.29, 0.717) is 52.6 Å². The summed E-state index contributed by atoms with van der Waals surface area (Å²) in [5.41, 5.74) is -2.10. The van der Waals surface area contributed by atoms with Crippen LogP contribution in [0, 0.1) is 5.82 Å². The third-order valence-corrected chi connectivity index (χ3v) is 5.70. The van der Waals surface area contributed by atoms with Crippen LogP contribution < -0.4 is 4.74 Å². The predicted octanol–water partition coefficient (Wildman–Crippen LogP) is 4.97. The number of hydrogen-bond donors (Lipinski definition) is 1. The normalized spacial score (nSPS) is 14.6. The highest BCUT2D eigenvalue weighted by Gasteiger charge is 2.39. The summed E-state index contributed by atoms with van der Waals surface area (Å²) in [7, 11) is 0. The molecule has 1 saturated heterocycles. The van der Waals surface area contributed by atoms with Crippen molar-refractivity contribution in [1.82, 2.24) is 19.6 Å². The molecule has 0 atom stereocenters. The van der Waals surface area contributed by atoms with Gasteiger partial charge in [-0.2, -0.15) is 23.0 Å². The number of carboxylic acid groups (broad SMARTS) is 1. The van der Waals surface area contributed by atoms with Crippen LogP contribution >= 0.6 is 11.6 Å². The van der Waals surface area contributed by atoms with Crippen molar-refractivity contribution in [3.63, 3.8) is 0 Å². The molecule has 0 saturated carbocycles. The predicted molar refractivity (Wildman–Crippen MR) is 120 cm³/mol. The first kappa shape index (κ1) is 25.5. The fraction of sp³-hybridized carbons (Fsp3) is 0.261. The molecule has 0 unspecified atom stereocenters. The molecule has 1 aliphatic rings. The second-order valence-electron chi connectivity index (χ2n) is 8.04. The summed E-state index contributed by atoms with van der Waals surface area (Å²) in [5, 5.41) is 12.9. The third kappa shape index (κ3) is 5.94. The van der Waals surface area contributed by atoms with E-state index in [4.69, 9.17) is 21.4 Å². The molecule has 3 aromatic rings. The van der Waals surface area contributed by atoms with E-state index in [0.717, 1.165) is 0 Å². The van der Waals surface area contributed by atoms with Crippen molar-refractivity contribution in [2.24, 2.45) is 0 Å². The summed E-state index contributed by atoms with van der Waals surface area (Å²) in [6, 6.07) is 10.0. The lowest BCUT2D eigenvalue weighted by Crippen LogP contribution is -2.49. The van der Waals surface area contributed by atoms with E-state index >= 15 is 0 Å². The van der Waals surface area contributed by atoms with Crippen molar-refractivity contribution < 1.29 is 37.0 Å². The van der Waals surface area contributed by atoms with E-state index in [1.54, 1.807) is 30.3 Å². The molecule has 190 valence electrons. The van der Waals surface area contributed by atoms with Crippen LogP contribution in [0.2, 0.25) is 5.02 Å². The van der Waals surface area contributed by atoms with Crippen LogP contribution in [0.4, 0.5) is 22.4 Å². The molecule has 0 radical (unpaired) electrons. The van der Waals surface area contributed by atoms with Gasteiger partial charge in [0, 0.05) is 50.0 Å². The van der Waals surface area contributed by atoms with Crippen molar-refractivity contribution >= 4 is 23.6 Å². The number of carboxylic acids is 1. The molecule has 0 aliphatic carbocycles. The number of piperazine rings is 1. The van der Waals surface area contributed by atoms with E-state index in [1.165, 1.54) is 17.0 Å². The highest BCUT2D eigenvalue weighted by Crippen LogP contribution is 2.32. The maximum absolute atomic E-state index is 14.2. The molecule has 1 aromatic heterocycles. The Kier molecular flexibility index (Phi) is 7.18. The van der Waals surface area contributed by atoms with Crippen molar-refractivity contribution in [1.29, 1.82) is 0 Å². The highest BCUT2D eigenvalue weighted by atomic mass is 35.5. The minimum absolute atomic E-state index is 0.159. The van der Waals surface area contributed by atoms with Gasteiger partial charge in [-0.3, -0.25) is 4.90 Å². The van der Waals surface area contributed by atoms with Gasteiger partial charge in [0.15, 0.2) is 5.69 Å². The number of amides is 1. The number of aromatic carboxylic acids is 1. The van der Waals surface area contributed by atoms with Crippen LogP contribution in [0.3, 0.4) is 0 Å². The van der Waals surface area contributed by atoms with Crippen LogP contribution in [-0.4, -0.2) is 62.9 Å². The Morgan fingerprint density at radius 1 is 1.03 bits per heavy atom. The lowest BCUT2D eigenvalue weighted by molar-refractivity contribution is -0.138. The molecule has 2 aromatic carbocycles. The van der Waals surface area contributed by atoms with E-state index in [2.05, 4.69) is 5.10 Å². The number of rotatable bonds is 5. The second kappa shape index (κ2) is 10.2. The molecule has 2 heterocycles. The molecule has 36 heavy (non-hydrogen) atoms. The van der Waals surface area contributed by atoms with Crippen LogP contribution in [0.5, 0.6) is 11.5 Å². The molecule has 1 amide bonds. The Hall–Kier alpha value is -3.64. The lowest BCUT2D eigenvalue weighted by Gasteiger charge is -2.34. The molecule has 4 rings (SSSR count). The largest absolute Gasteiger partial charge is 0.476 e. The number of hydrogen-bond acceptors (Lipinski definition) is 5. The number of nitrogens with zero attached hydrogens (tertiary/aromatic N) is 4. The Morgan fingerprint density at radius 3 is 2.28 bits per heavy atom. The summed E-state index contributed by atoms with van der Waals surface area (Å²) in [4.78, 5) is 27.0. The topological polar surface area (TPSA) is 87.9 Å². The Morgan fingerprint density at radius 2 is 1.69 bits per heavy atom. The maximum atomic E-state index is 14.2. The SMILES string of the molecule is O=C(O)c1nn(C(=O)N2CCN(Cc3cc(F)cc(Oc4ccc(Cl)cc4)c3)CC2)cc1C(F)(F)F. The van der Waals surface area contributed by atoms with E-state index in [9.17, 15) is 27.2 Å². The summed E-state index contributed by atoms with van der Waals surface area (Å²) in [6.45, 7) is 1.38. The Labute approximate surface area is 207 Å². The van der Waals surface area contributed by atoms with Gasteiger partial charge in [0.25, 0.3) is 0 Å². The van der Waals surface area contributed by atoms with Gasteiger partial charge in [-0.1, -0.05) is 11.6 Å². The van der Waals surface area contributed by atoms with Gasteiger partial charge in [0.05, 0.1) is 0 Å². The summed E-state index contributed by atoms with van der Waals surface area (Å²) >= 11 is 5.86. The van der Waals surface area contributed by atoms with Gasteiger partial charge >= 0.3 is 18.2 Å². The first-order valence-electron chi connectivity index (χ1n) is 10.6. The van der Waals surface area contributed by atoms with Crippen LogP contribution in [0.15, 0.2) is 48.7 Å². The molecular weight excluding hydrogens is 508 g/mol. The minimum Gasteiger partial charge on any atom is -0.476 e. The van der Waals surface area contributed by atoms with E-state index in [-0.39, 0.29) is 13.1 Å². The number of halogens is 5. The summed E-state index contributed by atoms with van der Waals surface area (Å²) in [6.07, 6.45) is -4.58. The average Bonchev–Trinajstić information content (AvgIpc) is 3.27. The first-order valence-corrected chi connectivity index (χ1v) is 11.0. The summed E-state index contributed by atoms with van der Waals surface area (Å²) in [5.74, 6) is -1.58. The first-order chi connectivity index (χ1) is 17.0. The zero-order valence-electron chi connectivity index (χ0n) is 18.5. The van der Waals surface area contributed by atoms with Crippen molar-refractivity contribution in [3.05, 3.63) is 76.3 Å². The average molecular weight is 527 g/mol. The highest BCUT2D eigenvalue weighted by molar-refractivity contribution is 6.30. The second-order valence-corrected chi connectivity index (χ2v) is 8.47. The van der Waals surface area contributed by atoms with Gasteiger partial charge in [0.1, 0.15) is 22.9 Å². The number of alkyl halides is 3. The maximum Gasteiger partial charge on any atom is 0.420 e. The molecule has 8 nitrogen and oxygen atoms in total. The molecular formula is C23H19ClF4N4O4. The minimum atomic E-state index is -4.97. The number of benzene rings is 2. The van der Waals surface area contributed by atoms with Gasteiger partial charge in [0.2, 0.25) is 0 Å². The lowest BCUT2D eigenvalue weighted by atomic mass is 10.1. The zero-order chi connectivity index (χ0) is 26.0. The number of carbonyl (C=O) groups excluding carboxylic acids is 1. The van der Waals surface area contributed by atoms with Crippen LogP contribution in [0.25, 0.3) is 0 Å². The Balaban J connectivity index is 1.39. The van der Waals surface area contributed by atoms with Gasteiger partial charge in [-0.05, 0) is 42.0 Å². The van der Waals surface area contributed by atoms with Gasteiger partial charge < -0.3 is 14.7 Å². The molecule has 13 heteroatoms. The third-order valence-electron chi connectivity index (χ3n) is 5.45. The smallest absolute Gasteiger partial charge is 0.420 e. The number of carbonyl (C=O) groups is 2. The fourth-order valence-corrected chi connectivity index (χ4v) is 3.87. The van der Waals surface area contributed by atoms with Crippen molar-refractivity contribution in [2.75, 3.05) is 26.2 Å². The number of aromatic nitrogens is 2. The molecule has 1 fully saturated rings. The quantitative estimate of drug-likeness (QED) is 0.472. The van der Waals surface area contributed by atoms with Crippen molar-refractivity contribution in [2.45, 2.75) is 12.7 Å². The molecule has 0 bridgehead atoms. The van der Waals surface area contributed by atoms with E-state index < -0.39 is 35.3 Å². The van der Waals surface area contributed by atoms with Gasteiger partial charge in [-0.15, -0.1) is 0 Å². The van der Waals surface area contributed by atoms with Crippen LogP contribution in [0.1, 0.15) is 21.6 Å². The molecule has 1 N–H and O–H groups in total. The fourth-order valence-electron chi connectivity index (χ4n) is 3.75. The van der Waals surface area contributed by atoms with Crippen LogP contribution in [-0.2, 0) is 12.7 Å². The van der Waals surface area contributed by atoms with E-state index in [1.807, 2.05) is 4.90 Å². The molecule has 1 aliphatic heterocycles. The molecule has 0 spiro atoms. The monoisotopic (exact) mass is 526 g/mol. The standard InChI is InChI=1S/C23H19ClF4N4O4/c24-15-1-3-17(4-2-15)36-18-10-14(9-16(25)11-18)12-30-5-7-31(8-6-30)22(35)32-13-19(23(26,27)28)20(29-32)21(33)34/h1-4,9-11,13H,5-8,12H2,(H,33,34). The van der Waals surface area contributed by atoms with Gasteiger partial charge in [-0.25, -0.2) is 14.0 Å². The summed E-state index contributed by atoms with van der Waals surface area (Å²) < 4.78 is 59.5. The Bertz CT molecular complexity index is 1270.